The zero-order valence-corrected chi connectivity index (χ0v) is 22.0. The molecule has 0 radical (unpaired) electrons. The van der Waals surface area contributed by atoms with Crippen LogP contribution in [0.2, 0.25) is 0 Å². The summed E-state index contributed by atoms with van der Waals surface area (Å²) in [5.41, 5.74) is 8.36. The number of aryl methyl sites for hydroxylation is 2. The molecule has 0 amide bonds. The van der Waals surface area contributed by atoms with Gasteiger partial charge in [0.25, 0.3) is 0 Å². The summed E-state index contributed by atoms with van der Waals surface area (Å²) in [6.45, 7) is 13.0. The molecule has 3 aromatic rings. The third-order valence-electron chi connectivity index (χ3n) is 7.96. The fourth-order valence-corrected chi connectivity index (χ4v) is 5.04. The van der Waals surface area contributed by atoms with Gasteiger partial charge in [-0.15, -0.1) is 0 Å². The summed E-state index contributed by atoms with van der Waals surface area (Å²) in [6.07, 6.45) is 8.68. The molecule has 3 aromatic carbocycles. The Bertz CT molecular complexity index is 1080. The number of hydrogen-bond donors (Lipinski definition) is 1. The van der Waals surface area contributed by atoms with E-state index in [-0.39, 0.29) is 5.41 Å². The molecular weight excluding hydrogens is 412 g/mol. The number of aliphatic hydroxyl groups is 1. The minimum absolute atomic E-state index is 0.00875. The van der Waals surface area contributed by atoms with E-state index in [4.69, 9.17) is 0 Å². The van der Waals surface area contributed by atoms with Gasteiger partial charge in [0.2, 0.25) is 0 Å². The predicted molar refractivity (Wildman–Crippen MR) is 148 cm³/mol. The van der Waals surface area contributed by atoms with Crippen molar-refractivity contribution in [2.24, 2.45) is 0 Å². The minimum atomic E-state index is -0.722. The normalized spacial score (nSPS) is 12.4. The maximum absolute atomic E-state index is 10.6. The fraction of sp³-hybridized carbons (Fsp3) is 0.394. The lowest BCUT2D eigenvalue weighted by Crippen LogP contribution is -2.26. The highest BCUT2D eigenvalue weighted by molar-refractivity contribution is 5.65. The summed E-state index contributed by atoms with van der Waals surface area (Å²) in [6, 6.07) is 25.0. The molecule has 0 spiro atoms. The van der Waals surface area contributed by atoms with Gasteiger partial charge in [-0.1, -0.05) is 114 Å². The molecular formula is C33H42O. The largest absolute Gasteiger partial charge is 0.386 e. The highest BCUT2D eigenvalue weighted by Gasteiger charge is 2.31. The molecule has 34 heavy (non-hydrogen) atoms. The van der Waals surface area contributed by atoms with Crippen LogP contribution in [0.5, 0.6) is 0 Å². The van der Waals surface area contributed by atoms with E-state index >= 15 is 0 Å². The lowest BCUT2D eigenvalue weighted by molar-refractivity contribution is 0.0836. The standard InChI is InChI=1S/C33H42O/c1-7-26-12-14-28(15-13-26)29-17-19-30(20-18-29)33(10-4,11-5)31-21-16-27(25(6)24-31)22-23-32(34,8-2)9-3/h12-24,34H,7-11H2,1-6H3/b23-22+. The average Bonchev–Trinajstić information content (AvgIpc) is 2.89. The summed E-state index contributed by atoms with van der Waals surface area (Å²) < 4.78 is 0. The second-order valence-corrected chi connectivity index (χ2v) is 9.63. The molecule has 0 bridgehead atoms. The summed E-state index contributed by atoms with van der Waals surface area (Å²) in [5.74, 6) is 0. The van der Waals surface area contributed by atoms with E-state index in [1.54, 1.807) is 0 Å². The molecule has 1 N–H and O–H groups in total. The van der Waals surface area contributed by atoms with E-state index in [1.165, 1.54) is 38.9 Å². The Kier molecular flexibility index (Phi) is 8.55. The maximum atomic E-state index is 10.6. The quantitative estimate of drug-likeness (QED) is 0.324. The van der Waals surface area contributed by atoms with Crippen LogP contribution in [0.25, 0.3) is 17.2 Å². The van der Waals surface area contributed by atoms with E-state index in [0.717, 1.165) is 32.1 Å². The topological polar surface area (TPSA) is 20.2 Å². The molecule has 0 aliphatic heterocycles. The average molecular weight is 455 g/mol. The van der Waals surface area contributed by atoms with Crippen LogP contribution < -0.4 is 0 Å². The molecule has 0 saturated carbocycles. The predicted octanol–water partition coefficient (Wildman–Crippen LogP) is 8.89. The Labute approximate surface area is 207 Å². The molecule has 0 aliphatic carbocycles. The van der Waals surface area contributed by atoms with Gasteiger partial charge >= 0.3 is 0 Å². The summed E-state index contributed by atoms with van der Waals surface area (Å²) in [5, 5.41) is 10.6. The van der Waals surface area contributed by atoms with E-state index in [1.807, 2.05) is 19.9 Å². The van der Waals surface area contributed by atoms with Gasteiger partial charge in [0.15, 0.2) is 0 Å². The highest BCUT2D eigenvalue weighted by atomic mass is 16.3. The first-order valence-electron chi connectivity index (χ1n) is 13.1. The number of rotatable bonds is 10. The van der Waals surface area contributed by atoms with Crippen LogP contribution in [0.3, 0.4) is 0 Å². The second-order valence-electron chi connectivity index (χ2n) is 9.63. The first-order chi connectivity index (χ1) is 16.3. The molecule has 1 nitrogen and oxygen atoms in total. The first-order valence-corrected chi connectivity index (χ1v) is 13.1. The van der Waals surface area contributed by atoms with Crippen LogP contribution >= 0.6 is 0 Å². The first kappa shape index (κ1) is 26.0. The Hall–Kier alpha value is -2.64. The Morgan fingerprint density at radius 3 is 1.68 bits per heavy atom. The molecule has 0 aliphatic rings. The number of benzene rings is 3. The van der Waals surface area contributed by atoms with E-state index < -0.39 is 5.60 Å². The van der Waals surface area contributed by atoms with Crippen molar-refractivity contribution in [2.45, 2.75) is 84.7 Å². The van der Waals surface area contributed by atoms with Gasteiger partial charge in [-0.05, 0) is 78.0 Å². The van der Waals surface area contributed by atoms with Crippen LogP contribution in [0.1, 0.15) is 88.1 Å². The van der Waals surface area contributed by atoms with Crippen molar-refractivity contribution < 1.29 is 5.11 Å². The van der Waals surface area contributed by atoms with Crippen molar-refractivity contribution in [2.75, 3.05) is 0 Å². The van der Waals surface area contributed by atoms with Gasteiger partial charge in [0.05, 0.1) is 5.60 Å². The monoisotopic (exact) mass is 454 g/mol. The lowest BCUT2D eigenvalue weighted by Gasteiger charge is -2.34. The van der Waals surface area contributed by atoms with Crippen molar-refractivity contribution in [3.05, 3.63) is 101 Å². The molecule has 0 atom stereocenters. The minimum Gasteiger partial charge on any atom is -0.386 e. The molecule has 0 unspecified atom stereocenters. The Balaban J connectivity index is 1.93. The van der Waals surface area contributed by atoms with Crippen LogP contribution in [-0.4, -0.2) is 10.7 Å². The second kappa shape index (κ2) is 11.2. The van der Waals surface area contributed by atoms with Gasteiger partial charge in [-0.25, -0.2) is 0 Å². The maximum Gasteiger partial charge on any atom is 0.0825 e. The lowest BCUT2D eigenvalue weighted by atomic mass is 9.70. The van der Waals surface area contributed by atoms with Gasteiger partial charge in [0.1, 0.15) is 0 Å². The zero-order chi connectivity index (χ0) is 24.8. The molecule has 3 rings (SSSR count). The van der Waals surface area contributed by atoms with E-state index in [0.29, 0.717) is 0 Å². The van der Waals surface area contributed by atoms with Crippen molar-refractivity contribution in [3.63, 3.8) is 0 Å². The molecule has 0 saturated heterocycles. The van der Waals surface area contributed by atoms with Crippen LogP contribution in [0, 0.1) is 6.92 Å². The zero-order valence-electron chi connectivity index (χ0n) is 22.0. The Morgan fingerprint density at radius 2 is 1.21 bits per heavy atom. The van der Waals surface area contributed by atoms with Crippen molar-refractivity contribution in [3.8, 4) is 11.1 Å². The number of hydrogen-bond acceptors (Lipinski definition) is 1. The van der Waals surface area contributed by atoms with Crippen molar-refractivity contribution >= 4 is 6.08 Å². The third-order valence-corrected chi connectivity index (χ3v) is 7.96. The van der Waals surface area contributed by atoms with E-state index in [2.05, 4.69) is 101 Å². The van der Waals surface area contributed by atoms with Crippen LogP contribution in [0.4, 0.5) is 0 Å². The van der Waals surface area contributed by atoms with Gasteiger partial charge in [-0.2, -0.15) is 0 Å². The molecule has 1 heteroatoms. The highest BCUT2D eigenvalue weighted by Crippen LogP contribution is 2.40. The van der Waals surface area contributed by atoms with E-state index in [9.17, 15) is 5.11 Å². The molecule has 0 fully saturated rings. The van der Waals surface area contributed by atoms with Crippen LogP contribution in [0.15, 0.2) is 72.8 Å². The summed E-state index contributed by atoms with van der Waals surface area (Å²) in [7, 11) is 0. The third kappa shape index (κ3) is 5.36. The van der Waals surface area contributed by atoms with Gasteiger partial charge in [0, 0.05) is 5.41 Å². The SMILES string of the molecule is CCc1ccc(-c2ccc(C(CC)(CC)c3ccc(/C=C/C(O)(CC)CC)c(C)c3)cc2)cc1. The fourth-order valence-electron chi connectivity index (χ4n) is 5.04. The summed E-state index contributed by atoms with van der Waals surface area (Å²) in [4.78, 5) is 0. The smallest absolute Gasteiger partial charge is 0.0825 e. The molecule has 0 heterocycles. The molecule has 180 valence electrons. The van der Waals surface area contributed by atoms with Crippen molar-refractivity contribution in [1.29, 1.82) is 0 Å². The van der Waals surface area contributed by atoms with Gasteiger partial charge in [-0.3, -0.25) is 0 Å². The van der Waals surface area contributed by atoms with Crippen molar-refractivity contribution in [1.82, 2.24) is 0 Å². The summed E-state index contributed by atoms with van der Waals surface area (Å²) >= 11 is 0. The van der Waals surface area contributed by atoms with Gasteiger partial charge < -0.3 is 5.11 Å². The van der Waals surface area contributed by atoms with Crippen LogP contribution in [-0.2, 0) is 11.8 Å². The Morgan fingerprint density at radius 1 is 0.676 bits per heavy atom. The molecule has 0 aromatic heterocycles.